The third kappa shape index (κ3) is 5.46. The minimum atomic E-state index is -0.573. The van der Waals surface area contributed by atoms with Gasteiger partial charge in [-0.2, -0.15) is 4.98 Å². The number of thioether (sulfide) groups is 1. The number of methoxy groups -OCH3 is 1. The Morgan fingerprint density at radius 3 is 2.57 bits per heavy atom. The Labute approximate surface area is 223 Å². The van der Waals surface area contributed by atoms with Crippen LogP contribution in [0.5, 0.6) is 5.75 Å². The van der Waals surface area contributed by atoms with Gasteiger partial charge in [0, 0.05) is 15.7 Å². The number of esters is 1. The van der Waals surface area contributed by atoms with E-state index in [1.54, 1.807) is 37.8 Å². The van der Waals surface area contributed by atoms with Crippen molar-refractivity contribution in [3.63, 3.8) is 0 Å². The fourth-order valence-electron chi connectivity index (χ4n) is 3.68. The molecule has 1 aliphatic heterocycles. The summed E-state index contributed by atoms with van der Waals surface area (Å²) in [5, 5.41) is 8.23. The zero-order chi connectivity index (χ0) is 25.1. The SMILES string of the molecule is CCOC(=O)C1=C(C)Nc2nc(SCC(=O)c3ccc(Br)cc3)nn2[C@H]1c1ccc(OC)c(Br)c1. The van der Waals surface area contributed by atoms with Crippen molar-refractivity contribution >= 4 is 61.3 Å². The molecule has 0 amide bonds. The van der Waals surface area contributed by atoms with Gasteiger partial charge in [0.15, 0.2) is 5.78 Å². The summed E-state index contributed by atoms with van der Waals surface area (Å²) in [6.45, 7) is 3.82. The first-order chi connectivity index (χ1) is 16.8. The summed E-state index contributed by atoms with van der Waals surface area (Å²) in [6.07, 6.45) is 0. The Morgan fingerprint density at radius 1 is 1.17 bits per heavy atom. The number of hydrogen-bond acceptors (Lipinski definition) is 8. The first-order valence-electron chi connectivity index (χ1n) is 10.7. The molecule has 1 N–H and O–H groups in total. The number of ether oxygens (including phenoxy) is 2. The van der Waals surface area contributed by atoms with Gasteiger partial charge in [-0.1, -0.05) is 45.9 Å². The third-order valence-electron chi connectivity index (χ3n) is 5.32. The maximum absolute atomic E-state index is 12.9. The van der Waals surface area contributed by atoms with Crippen LogP contribution >= 0.6 is 43.6 Å². The lowest BCUT2D eigenvalue weighted by Gasteiger charge is -2.28. The quantitative estimate of drug-likeness (QED) is 0.196. The van der Waals surface area contributed by atoms with Crippen molar-refractivity contribution in [3.8, 4) is 5.75 Å². The van der Waals surface area contributed by atoms with Gasteiger partial charge in [0.2, 0.25) is 11.1 Å². The number of nitrogens with one attached hydrogen (secondary N) is 1. The Bertz CT molecular complexity index is 1310. The van der Waals surface area contributed by atoms with Crippen LogP contribution in [0.1, 0.15) is 35.8 Å². The van der Waals surface area contributed by atoms with Gasteiger partial charge in [-0.25, -0.2) is 9.48 Å². The van der Waals surface area contributed by atoms with Gasteiger partial charge in [0.1, 0.15) is 11.8 Å². The van der Waals surface area contributed by atoms with E-state index in [1.807, 2.05) is 30.3 Å². The number of carbonyl (C=O) groups excluding carboxylic acids is 2. The van der Waals surface area contributed by atoms with E-state index in [9.17, 15) is 9.59 Å². The zero-order valence-electron chi connectivity index (χ0n) is 19.2. The molecule has 1 aromatic heterocycles. The monoisotopic (exact) mass is 620 g/mol. The number of halogens is 2. The highest BCUT2D eigenvalue weighted by atomic mass is 79.9. The number of rotatable bonds is 8. The van der Waals surface area contributed by atoms with Crippen molar-refractivity contribution in [2.45, 2.75) is 25.0 Å². The van der Waals surface area contributed by atoms with Crippen molar-refractivity contribution < 1.29 is 19.1 Å². The number of aromatic nitrogens is 3. The van der Waals surface area contributed by atoms with Crippen LogP contribution in [0.2, 0.25) is 0 Å². The lowest BCUT2D eigenvalue weighted by molar-refractivity contribution is -0.139. The summed E-state index contributed by atoms with van der Waals surface area (Å²) in [5.74, 6) is 0.866. The molecule has 35 heavy (non-hydrogen) atoms. The highest BCUT2D eigenvalue weighted by Crippen LogP contribution is 2.39. The van der Waals surface area contributed by atoms with Gasteiger partial charge in [-0.3, -0.25) is 4.79 Å². The first kappa shape index (κ1) is 25.5. The van der Waals surface area contributed by atoms with Crippen molar-refractivity contribution in [2.24, 2.45) is 0 Å². The first-order valence-corrected chi connectivity index (χ1v) is 13.3. The molecule has 0 saturated carbocycles. The zero-order valence-corrected chi connectivity index (χ0v) is 23.2. The summed E-state index contributed by atoms with van der Waals surface area (Å²) in [6, 6.07) is 12.2. The minimum absolute atomic E-state index is 0.0274. The predicted molar refractivity (Wildman–Crippen MR) is 141 cm³/mol. The van der Waals surface area contributed by atoms with Crippen molar-refractivity contribution in [1.82, 2.24) is 14.8 Å². The van der Waals surface area contributed by atoms with Crippen molar-refractivity contribution in [2.75, 3.05) is 24.8 Å². The maximum atomic E-state index is 12.9. The van der Waals surface area contributed by atoms with E-state index in [0.717, 1.165) is 14.5 Å². The van der Waals surface area contributed by atoms with Crippen molar-refractivity contribution in [1.29, 1.82) is 0 Å². The molecule has 2 aromatic carbocycles. The molecule has 11 heteroatoms. The molecule has 1 atom stereocenters. The van der Waals surface area contributed by atoms with Crippen LogP contribution in [-0.4, -0.2) is 46.0 Å². The summed E-state index contributed by atoms with van der Waals surface area (Å²) < 4.78 is 14.0. The smallest absolute Gasteiger partial charge is 0.338 e. The van der Waals surface area contributed by atoms with Gasteiger partial charge in [0.05, 0.1) is 29.5 Å². The van der Waals surface area contributed by atoms with Crippen LogP contribution in [0.3, 0.4) is 0 Å². The molecule has 8 nitrogen and oxygen atoms in total. The summed E-state index contributed by atoms with van der Waals surface area (Å²) in [4.78, 5) is 30.1. The van der Waals surface area contributed by atoms with Crippen LogP contribution in [0.15, 0.2) is 67.8 Å². The van der Waals surface area contributed by atoms with Crippen LogP contribution in [-0.2, 0) is 9.53 Å². The number of nitrogens with zero attached hydrogens (tertiary/aromatic N) is 3. The van der Waals surface area contributed by atoms with E-state index in [1.165, 1.54) is 11.8 Å². The molecule has 0 bridgehead atoms. The van der Waals surface area contributed by atoms with E-state index in [4.69, 9.17) is 9.47 Å². The highest BCUT2D eigenvalue weighted by Gasteiger charge is 2.35. The van der Waals surface area contributed by atoms with E-state index in [-0.39, 0.29) is 18.1 Å². The second-order valence-electron chi connectivity index (χ2n) is 7.56. The molecular weight excluding hydrogens is 600 g/mol. The van der Waals surface area contributed by atoms with Crippen LogP contribution < -0.4 is 10.1 Å². The van der Waals surface area contributed by atoms with E-state index in [0.29, 0.717) is 33.7 Å². The van der Waals surface area contributed by atoms with Gasteiger partial charge >= 0.3 is 5.97 Å². The molecule has 0 fully saturated rings. The molecule has 0 saturated heterocycles. The minimum Gasteiger partial charge on any atom is -0.496 e. The Balaban J connectivity index is 1.66. The lowest BCUT2D eigenvalue weighted by Crippen LogP contribution is -2.29. The number of fused-ring (bicyclic) bond motifs is 1. The average molecular weight is 622 g/mol. The molecule has 0 radical (unpaired) electrons. The number of hydrogen-bond donors (Lipinski definition) is 1. The van der Waals surface area contributed by atoms with Gasteiger partial charge in [-0.05, 0) is 59.6 Å². The van der Waals surface area contributed by atoms with E-state index < -0.39 is 12.0 Å². The van der Waals surface area contributed by atoms with Gasteiger partial charge in [0.25, 0.3) is 0 Å². The molecular formula is C24H22Br2N4O4S. The standard InChI is InChI=1S/C24H22Br2N4O4S/c1-4-34-22(32)20-13(2)27-23-28-24(35-12-18(31)14-5-8-16(25)9-6-14)29-30(23)21(20)15-7-10-19(33-3)17(26)11-15/h5-11,21H,4,12H2,1-3H3,(H,27,28,29)/t21-/m0/s1. The van der Waals surface area contributed by atoms with Crippen LogP contribution in [0.25, 0.3) is 0 Å². The van der Waals surface area contributed by atoms with Crippen molar-refractivity contribution in [3.05, 3.63) is 73.8 Å². The number of anilines is 1. The normalized spacial score (nSPS) is 14.8. The molecule has 4 rings (SSSR count). The predicted octanol–water partition coefficient (Wildman–Crippen LogP) is 5.64. The Morgan fingerprint density at radius 2 is 1.91 bits per heavy atom. The Hall–Kier alpha value is -2.63. The molecule has 1 aliphatic rings. The average Bonchev–Trinajstić information content (AvgIpc) is 3.24. The van der Waals surface area contributed by atoms with Crippen LogP contribution in [0, 0.1) is 0 Å². The van der Waals surface area contributed by atoms with Crippen LogP contribution in [0.4, 0.5) is 5.95 Å². The summed E-state index contributed by atoms with van der Waals surface area (Å²) in [7, 11) is 1.59. The number of carbonyl (C=O) groups is 2. The second-order valence-corrected chi connectivity index (χ2v) is 10.3. The van der Waals surface area contributed by atoms with Gasteiger partial charge < -0.3 is 14.8 Å². The lowest BCUT2D eigenvalue weighted by atomic mass is 9.96. The molecule has 3 aromatic rings. The molecule has 182 valence electrons. The number of benzene rings is 2. The third-order valence-corrected chi connectivity index (χ3v) is 7.30. The number of allylic oxidation sites excluding steroid dienone is 1. The van der Waals surface area contributed by atoms with E-state index in [2.05, 4.69) is 47.3 Å². The Kier molecular flexibility index (Phi) is 7.98. The molecule has 0 aliphatic carbocycles. The summed E-state index contributed by atoms with van der Waals surface area (Å²) in [5.41, 5.74) is 2.48. The topological polar surface area (TPSA) is 95.3 Å². The van der Waals surface area contributed by atoms with E-state index >= 15 is 0 Å². The maximum Gasteiger partial charge on any atom is 0.338 e. The molecule has 0 unspecified atom stereocenters. The highest BCUT2D eigenvalue weighted by molar-refractivity contribution is 9.10. The molecule has 2 heterocycles. The fourth-order valence-corrected chi connectivity index (χ4v) is 5.22. The molecule has 0 spiro atoms. The number of ketones is 1. The summed E-state index contributed by atoms with van der Waals surface area (Å²) >= 11 is 8.14. The number of Topliss-reactive ketones (excluding diaryl/α,β-unsaturated/α-hetero) is 1. The fraction of sp³-hybridized carbons (Fsp3) is 0.250. The largest absolute Gasteiger partial charge is 0.496 e. The second kappa shape index (κ2) is 11.0. The van der Waals surface area contributed by atoms with Gasteiger partial charge in [-0.15, -0.1) is 5.10 Å².